The van der Waals surface area contributed by atoms with Gasteiger partial charge in [-0.2, -0.15) is 13.2 Å². The zero-order chi connectivity index (χ0) is 13.8. The van der Waals surface area contributed by atoms with Crippen molar-refractivity contribution in [2.45, 2.75) is 6.18 Å². The fraction of sp³-hybridized carbons (Fsp3) is 0.182. The molecule has 3 nitrogen and oxygen atoms in total. The van der Waals surface area contributed by atoms with Crippen LogP contribution in [0.2, 0.25) is 0 Å². The Hall–Kier alpha value is -1.50. The van der Waals surface area contributed by atoms with E-state index in [0.717, 1.165) is 6.20 Å². The predicted octanol–water partition coefficient (Wildman–Crippen LogP) is 3.47. The second-order valence-electron chi connectivity index (χ2n) is 3.19. The van der Waals surface area contributed by atoms with Crippen LogP contribution in [-0.4, -0.2) is 19.1 Å². The van der Waals surface area contributed by atoms with Crippen LogP contribution in [0.25, 0.3) is 0 Å². The van der Waals surface area contributed by atoms with Crippen LogP contribution in [0, 0.1) is 0 Å². The van der Waals surface area contributed by atoms with Gasteiger partial charge in [0, 0.05) is 11.9 Å². The monoisotopic (exact) mass is 323 g/mol. The number of halogens is 4. The summed E-state index contributed by atoms with van der Waals surface area (Å²) in [5.74, 6) is -1.32. The molecule has 0 saturated heterocycles. The number of ether oxygens (including phenoxy) is 1. The second-order valence-corrected chi connectivity index (χ2v) is 4.05. The van der Waals surface area contributed by atoms with Crippen LogP contribution in [0.5, 0.6) is 5.75 Å². The van der Waals surface area contributed by atoms with E-state index in [9.17, 15) is 18.0 Å². The van der Waals surface area contributed by atoms with Crippen molar-refractivity contribution in [1.82, 2.24) is 0 Å². The third-order valence-corrected chi connectivity index (χ3v) is 2.52. The minimum Gasteiger partial charge on any atom is -0.497 e. The molecule has 0 aliphatic rings. The van der Waals surface area contributed by atoms with Crippen molar-refractivity contribution in [3.05, 3.63) is 34.9 Å². The summed E-state index contributed by atoms with van der Waals surface area (Å²) in [5.41, 5.74) is 0.530. The zero-order valence-corrected chi connectivity index (χ0v) is 10.8. The van der Waals surface area contributed by atoms with Crippen molar-refractivity contribution in [2.24, 2.45) is 0 Å². The number of rotatable bonds is 4. The first-order chi connectivity index (χ1) is 8.34. The van der Waals surface area contributed by atoms with E-state index < -0.39 is 16.4 Å². The lowest BCUT2D eigenvalue weighted by Gasteiger charge is -2.06. The number of hydrogen-bond donors (Lipinski definition) is 1. The van der Waals surface area contributed by atoms with Gasteiger partial charge >= 0.3 is 6.18 Å². The number of methoxy groups -OCH3 is 1. The highest BCUT2D eigenvalue weighted by molar-refractivity contribution is 9.12. The van der Waals surface area contributed by atoms with E-state index in [4.69, 9.17) is 4.74 Å². The van der Waals surface area contributed by atoms with Gasteiger partial charge in [-0.25, -0.2) is 0 Å². The van der Waals surface area contributed by atoms with Gasteiger partial charge in [0.1, 0.15) is 5.75 Å². The molecular formula is C11H9BrF3NO2. The number of allylic oxidation sites excluding steroid dienone is 1. The molecular weight excluding hydrogens is 315 g/mol. The molecule has 0 aliphatic carbocycles. The number of nitrogens with one attached hydrogen (secondary N) is 1. The van der Waals surface area contributed by atoms with Crippen LogP contribution in [0.3, 0.4) is 0 Å². The molecule has 1 rings (SSSR count). The molecule has 0 fully saturated rings. The van der Waals surface area contributed by atoms with Gasteiger partial charge in [0.15, 0.2) is 0 Å². The van der Waals surface area contributed by atoms with Gasteiger partial charge in [-0.15, -0.1) is 0 Å². The van der Waals surface area contributed by atoms with Gasteiger partial charge in [-0.1, -0.05) is 0 Å². The Morgan fingerprint density at radius 1 is 1.33 bits per heavy atom. The quantitative estimate of drug-likeness (QED) is 0.862. The first-order valence-corrected chi connectivity index (χ1v) is 5.51. The van der Waals surface area contributed by atoms with Crippen molar-refractivity contribution in [2.75, 3.05) is 12.4 Å². The molecule has 0 radical (unpaired) electrons. The van der Waals surface area contributed by atoms with Crippen LogP contribution in [0.4, 0.5) is 18.9 Å². The van der Waals surface area contributed by atoms with Crippen LogP contribution in [0.15, 0.2) is 34.9 Å². The Bertz CT molecular complexity index is 454. The molecule has 1 aromatic rings. The number of anilines is 1. The number of benzene rings is 1. The lowest BCUT2D eigenvalue weighted by Crippen LogP contribution is -2.22. The number of ketones is 1. The number of alkyl halides is 3. The Morgan fingerprint density at radius 3 is 2.33 bits per heavy atom. The highest BCUT2D eigenvalue weighted by Crippen LogP contribution is 2.24. The maximum absolute atomic E-state index is 12.1. The highest BCUT2D eigenvalue weighted by atomic mass is 79.9. The summed E-state index contributed by atoms with van der Waals surface area (Å²) < 4.78 is 40.5. The summed E-state index contributed by atoms with van der Waals surface area (Å²) in [4.78, 5) is 10.8. The van der Waals surface area contributed by atoms with Gasteiger partial charge in [-0.3, -0.25) is 4.79 Å². The summed E-state index contributed by atoms with van der Waals surface area (Å²) >= 11 is 2.57. The molecule has 0 aromatic heterocycles. The van der Waals surface area contributed by atoms with Crippen LogP contribution in [0.1, 0.15) is 0 Å². The van der Waals surface area contributed by atoms with Gasteiger partial charge < -0.3 is 10.1 Å². The molecule has 0 unspecified atom stereocenters. The van der Waals surface area contributed by atoms with Crippen molar-refractivity contribution >= 4 is 27.4 Å². The fourth-order valence-corrected chi connectivity index (χ4v) is 1.37. The SMILES string of the molecule is COc1ccc(N/C=C(\Br)C(=O)C(F)(F)F)cc1. The van der Waals surface area contributed by atoms with Crippen LogP contribution in [-0.2, 0) is 4.79 Å². The average molecular weight is 324 g/mol. The van der Waals surface area contributed by atoms with Crippen molar-refractivity contribution < 1.29 is 22.7 Å². The maximum Gasteiger partial charge on any atom is 0.455 e. The zero-order valence-electron chi connectivity index (χ0n) is 9.22. The molecule has 0 heterocycles. The molecule has 0 amide bonds. The van der Waals surface area contributed by atoms with E-state index >= 15 is 0 Å². The fourth-order valence-electron chi connectivity index (χ4n) is 1.03. The summed E-state index contributed by atoms with van der Waals surface area (Å²) in [7, 11) is 1.50. The van der Waals surface area contributed by atoms with Crippen LogP contribution < -0.4 is 10.1 Å². The standard InChI is InChI=1S/C11H9BrF3NO2/c1-18-8-4-2-7(3-5-8)16-6-9(12)10(17)11(13,14)15/h2-6,16H,1H3/b9-6-. The van der Waals surface area contributed by atoms with Crippen LogP contribution >= 0.6 is 15.9 Å². The third kappa shape index (κ3) is 4.06. The minimum atomic E-state index is -4.89. The summed E-state index contributed by atoms with van der Waals surface area (Å²) in [6.45, 7) is 0. The third-order valence-electron chi connectivity index (χ3n) is 1.93. The number of carbonyl (C=O) groups excluding carboxylic acids is 1. The number of carbonyl (C=O) groups is 1. The average Bonchev–Trinajstić information content (AvgIpc) is 2.34. The Morgan fingerprint density at radius 2 is 1.89 bits per heavy atom. The number of hydrogen-bond acceptors (Lipinski definition) is 3. The van der Waals surface area contributed by atoms with Gasteiger partial charge in [-0.05, 0) is 40.2 Å². The molecule has 98 valence electrons. The Balaban J connectivity index is 2.71. The summed E-state index contributed by atoms with van der Waals surface area (Å²) in [6, 6.07) is 6.48. The molecule has 0 atom stereocenters. The molecule has 0 spiro atoms. The van der Waals surface area contributed by atoms with E-state index in [1.807, 2.05) is 0 Å². The van der Waals surface area contributed by atoms with E-state index in [-0.39, 0.29) is 0 Å². The van der Waals surface area contributed by atoms with Gasteiger partial charge in [0.25, 0.3) is 5.78 Å². The molecule has 7 heteroatoms. The van der Waals surface area contributed by atoms with Gasteiger partial charge in [0.2, 0.25) is 0 Å². The lowest BCUT2D eigenvalue weighted by molar-refractivity contribution is -0.165. The van der Waals surface area contributed by atoms with Crippen molar-refractivity contribution in [3.63, 3.8) is 0 Å². The molecule has 1 aromatic carbocycles. The number of Topliss-reactive ketones (excluding diaryl/α,β-unsaturated/α-hetero) is 1. The molecule has 0 bridgehead atoms. The van der Waals surface area contributed by atoms with Crippen molar-refractivity contribution in [3.8, 4) is 5.75 Å². The smallest absolute Gasteiger partial charge is 0.455 e. The largest absolute Gasteiger partial charge is 0.497 e. The summed E-state index contributed by atoms with van der Waals surface area (Å²) in [6.07, 6.45) is -3.95. The minimum absolute atomic E-state index is 0.530. The van der Waals surface area contributed by atoms with Gasteiger partial charge in [0.05, 0.1) is 11.6 Å². The first kappa shape index (κ1) is 14.6. The highest BCUT2D eigenvalue weighted by Gasteiger charge is 2.39. The van der Waals surface area contributed by atoms with E-state index in [2.05, 4.69) is 21.2 Å². The molecule has 0 saturated carbocycles. The van der Waals surface area contributed by atoms with E-state index in [1.165, 1.54) is 7.11 Å². The van der Waals surface area contributed by atoms with E-state index in [1.54, 1.807) is 24.3 Å². The van der Waals surface area contributed by atoms with E-state index in [0.29, 0.717) is 11.4 Å². The molecule has 1 N–H and O–H groups in total. The second kappa shape index (κ2) is 5.90. The Kier molecular flexibility index (Phi) is 4.77. The Labute approximate surface area is 110 Å². The topological polar surface area (TPSA) is 38.3 Å². The molecule has 18 heavy (non-hydrogen) atoms. The maximum atomic E-state index is 12.1. The van der Waals surface area contributed by atoms with Crippen molar-refractivity contribution in [1.29, 1.82) is 0 Å². The molecule has 0 aliphatic heterocycles. The first-order valence-electron chi connectivity index (χ1n) is 4.72. The predicted molar refractivity (Wildman–Crippen MR) is 64.7 cm³/mol. The lowest BCUT2D eigenvalue weighted by atomic mass is 10.3. The summed E-state index contributed by atoms with van der Waals surface area (Å²) in [5, 5.41) is 2.56. The normalized spacial score (nSPS) is 12.2.